The standard InChI is InChI=1S/C14H16N2O2/c1-8-5-4-6-11(7-8)12-10(3)15-13(16-12)9(2)14(17)18/h4-7,9H,1-3H3,(H,15,16)(H,17,18). The van der Waals surface area contributed by atoms with E-state index in [-0.39, 0.29) is 0 Å². The van der Waals surface area contributed by atoms with E-state index < -0.39 is 11.9 Å². The Morgan fingerprint density at radius 3 is 2.72 bits per heavy atom. The summed E-state index contributed by atoms with van der Waals surface area (Å²) in [6.07, 6.45) is 0. The molecule has 2 aromatic rings. The maximum Gasteiger partial charge on any atom is 0.313 e. The van der Waals surface area contributed by atoms with Gasteiger partial charge in [-0.2, -0.15) is 0 Å². The maximum absolute atomic E-state index is 11.0. The monoisotopic (exact) mass is 244 g/mol. The Labute approximate surface area is 106 Å². The summed E-state index contributed by atoms with van der Waals surface area (Å²) >= 11 is 0. The number of carboxylic acids is 1. The fourth-order valence-corrected chi connectivity index (χ4v) is 1.88. The molecule has 0 saturated heterocycles. The van der Waals surface area contributed by atoms with Crippen LogP contribution in [0, 0.1) is 13.8 Å². The molecule has 0 aliphatic heterocycles. The van der Waals surface area contributed by atoms with Gasteiger partial charge in [-0.1, -0.05) is 23.8 Å². The normalized spacial score (nSPS) is 12.4. The zero-order chi connectivity index (χ0) is 13.3. The Hall–Kier alpha value is -2.10. The third-order valence-corrected chi connectivity index (χ3v) is 2.98. The molecule has 4 heteroatoms. The molecule has 0 fully saturated rings. The molecule has 1 unspecified atom stereocenters. The summed E-state index contributed by atoms with van der Waals surface area (Å²) < 4.78 is 0. The average Bonchev–Trinajstić information content (AvgIpc) is 2.70. The Morgan fingerprint density at radius 2 is 2.11 bits per heavy atom. The minimum absolute atomic E-state index is 0.497. The number of benzene rings is 1. The third kappa shape index (κ3) is 2.27. The lowest BCUT2D eigenvalue weighted by Crippen LogP contribution is -2.08. The van der Waals surface area contributed by atoms with Crippen LogP contribution in [0.4, 0.5) is 0 Å². The fourth-order valence-electron chi connectivity index (χ4n) is 1.88. The molecule has 0 saturated carbocycles. The first-order valence-corrected chi connectivity index (χ1v) is 5.85. The fraction of sp³-hybridized carbons (Fsp3) is 0.286. The van der Waals surface area contributed by atoms with Crippen molar-refractivity contribution in [3.8, 4) is 11.3 Å². The van der Waals surface area contributed by atoms with Gasteiger partial charge < -0.3 is 10.1 Å². The van der Waals surface area contributed by atoms with E-state index in [0.717, 1.165) is 22.5 Å². The van der Waals surface area contributed by atoms with Crippen LogP contribution in [0.3, 0.4) is 0 Å². The van der Waals surface area contributed by atoms with Crippen molar-refractivity contribution in [2.75, 3.05) is 0 Å². The van der Waals surface area contributed by atoms with Gasteiger partial charge in [0.05, 0.1) is 5.69 Å². The number of nitrogens with one attached hydrogen (secondary N) is 1. The molecule has 0 spiro atoms. The average molecular weight is 244 g/mol. The number of hydrogen-bond acceptors (Lipinski definition) is 2. The Morgan fingerprint density at radius 1 is 1.39 bits per heavy atom. The van der Waals surface area contributed by atoms with Crippen LogP contribution in [0.25, 0.3) is 11.3 Å². The molecule has 2 N–H and O–H groups in total. The quantitative estimate of drug-likeness (QED) is 0.872. The van der Waals surface area contributed by atoms with Crippen LogP contribution in [0.2, 0.25) is 0 Å². The van der Waals surface area contributed by atoms with Crippen LogP contribution in [0.15, 0.2) is 24.3 Å². The summed E-state index contributed by atoms with van der Waals surface area (Å²) in [5, 5.41) is 8.99. The van der Waals surface area contributed by atoms with Crippen LogP contribution in [-0.4, -0.2) is 21.0 Å². The molecule has 1 heterocycles. The molecular weight excluding hydrogens is 228 g/mol. The molecule has 0 aliphatic rings. The van der Waals surface area contributed by atoms with Crippen molar-refractivity contribution in [2.45, 2.75) is 26.7 Å². The lowest BCUT2D eigenvalue weighted by molar-refractivity contribution is -0.138. The van der Waals surface area contributed by atoms with Crippen LogP contribution in [0.5, 0.6) is 0 Å². The van der Waals surface area contributed by atoms with Crippen LogP contribution in [-0.2, 0) is 4.79 Å². The third-order valence-electron chi connectivity index (χ3n) is 2.98. The number of aliphatic carboxylic acids is 1. The van der Waals surface area contributed by atoms with E-state index in [0.29, 0.717) is 5.82 Å². The topological polar surface area (TPSA) is 66.0 Å². The SMILES string of the molecule is Cc1cccc(-c2nc(C(C)C(=O)O)[nH]c2C)c1. The minimum Gasteiger partial charge on any atom is -0.481 e. The predicted octanol–water partition coefficient (Wildman–Crippen LogP) is 2.88. The Balaban J connectivity index is 2.44. The summed E-state index contributed by atoms with van der Waals surface area (Å²) in [4.78, 5) is 18.4. The van der Waals surface area contributed by atoms with Crippen molar-refractivity contribution in [3.63, 3.8) is 0 Å². The second-order valence-electron chi connectivity index (χ2n) is 4.53. The van der Waals surface area contributed by atoms with Gasteiger partial charge in [0.1, 0.15) is 11.7 Å². The van der Waals surface area contributed by atoms with Gasteiger partial charge in [-0.25, -0.2) is 4.98 Å². The van der Waals surface area contributed by atoms with Gasteiger partial charge in [0.15, 0.2) is 0 Å². The molecule has 0 bridgehead atoms. The van der Waals surface area contributed by atoms with E-state index in [2.05, 4.69) is 9.97 Å². The molecule has 4 nitrogen and oxygen atoms in total. The summed E-state index contributed by atoms with van der Waals surface area (Å²) in [7, 11) is 0. The van der Waals surface area contributed by atoms with E-state index in [1.165, 1.54) is 0 Å². The number of carbonyl (C=O) groups is 1. The predicted molar refractivity (Wildman–Crippen MR) is 69.5 cm³/mol. The highest BCUT2D eigenvalue weighted by molar-refractivity contribution is 5.75. The largest absolute Gasteiger partial charge is 0.481 e. The second kappa shape index (κ2) is 4.64. The van der Waals surface area contributed by atoms with E-state index in [4.69, 9.17) is 5.11 Å². The highest BCUT2D eigenvalue weighted by Crippen LogP contribution is 2.24. The molecule has 0 radical (unpaired) electrons. The number of hydrogen-bond donors (Lipinski definition) is 2. The summed E-state index contributed by atoms with van der Waals surface area (Å²) in [6.45, 7) is 5.55. The number of H-pyrrole nitrogens is 1. The number of imidazole rings is 1. The molecule has 1 aromatic carbocycles. The Kier molecular flexibility index (Phi) is 3.19. The summed E-state index contributed by atoms with van der Waals surface area (Å²) in [6, 6.07) is 8.01. The summed E-state index contributed by atoms with van der Waals surface area (Å²) in [5.74, 6) is -1.00. The molecule has 0 aliphatic carbocycles. The number of rotatable bonds is 3. The van der Waals surface area contributed by atoms with Gasteiger partial charge in [-0.3, -0.25) is 4.79 Å². The van der Waals surface area contributed by atoms with Gasteiger partial charge in [0.25, 0.3) is 0 Å². The zero-order valence-corrected chi connectivity index (χ0v) is 10.7. The molecular formula is C14H16N2O2. The van der Waals surface area contributed by atoms with Crippen molar-refractivity contribution in [1.82, 2.24) is 9.97 Å². The first kappa shape index (κ1) is 12.4. The van der Waals surface area contributed by atoms with Gasteiger partial charge >= 0.3 is 5.97 Å². The number of aromatic nitrogens is 2. The van der Waals surface area contributed by atoms with Crippen LogP contribution in [0.1, 0.15) is 29.9 Å². The first-order valence-electron chi connectivity index (χ1n) is 5.85. The molecule has 1 atom stereocenters. The van der Waals surface area contributed by atoms with Crippen LogP contribution < -0.4 is 0 Å². The number of aromatic amines is 1. The van der Waals surface area contributed by atoms with E-state index in [1.54, 1.807) is 6.92 Å². The van der Waals surface area contributed by atoms with Crippen molar-refractivity contribution in [2.24, 2.45) is 0 Å². The van der Waals surface area contributed by atoms with Gasteiger partial charge in [-0.05, 0) is 26.8 Å². The lowest BCUT2D eigenvalue weighted by atomic mass is 10.1. The number of aryl methyl sites for hydroxylation is 2. The second-order valence-corrected chi connectivity index (χ2v) is 4.53. The lowest BCUT2D eigenvalue weighted by Gasteiger charge is -2.01. The molecule has 0 amide bonds. The number of carboxylic acid groups (broad SMARTS) is 1. The molecule has 18 heavy (non-hydrogen) atoms. The van der Waals surface area contributed by atoms with Gasteiger partial charge in [0.2, 0.25) is 0 Å². The van der Waals surface area contributed by atoms with Gasteiger partial charge in [0, 0.05) is 11.3 Å². The van der Waals surface area contributed by atoms with Gasteiger partial charge in [-0.15, -0.1) is 0 Å². The maximum atomic E-state index is 11.0. The minimum atomic E-state index is -0.875. The van der Waals surface area contributed by atoms with Crippen molar-refractivity contribution >= 4 is 5.97 Å². The van der Waals surface area contributed by atoms with E-state index in [1.807, 2.05) is 38.1 Å². The smallest absolute Gasteiger partial charge is 0.313 e. The van der Waals surface area contributed by atoms with E-state index in [9.17, 15) is 4.79 Å². The van der Waals surface area contributed by atoms with Crippen molar-refractivity contribution < 1.29 is 9.90 Å². The Bertz CT molecular complexity index is 587. The highest BCUT2D eigenvalue weighted by Gasteiger charge is 2.19. The number of nitrogens with zero attached hydrogens (tertiary/aromatic N) is 1. The van der Waals surface area contributed by atoms with Crippen molar-refractivity contribution in [3.05, 3.63) is 41.3 Å². The van der Waals surface area contributed by atoms with E-state index >= 15 is 0 Å². The highest BCUT2D eigenvalue weighted by atomic mass is 16.4. The zero-order valence-electron chi connectivity index (χ0n) is 10.7. The molecule has 94 valence electrons. The molecule has 2 rings (SSSR count). The first-order chi connectivity index (χ1) is 8.49. The van der Waals surface area contributed by atoms with Crippen LogP contribution >= 0.6 is 0 Å². The van der Waals surface area contributed by atoms with Crippen molar-refractivity contribution in [1.29, 1.82) is 0 Å². The summed E-state index contributed by atoms with van der Waals surface area (Å²) in [5.41, 5.74) is 3.88. The molecule has 1 aromatic heterocycles.